The molecule has 0 N–H and O–H groups in total. The van der Waals surface area contributed by atoms with Gasteiger partial charge in [-0.15, -0.1) is 0 Å². The Kier molecular flexibility index (Phi) is 35800. The third kappa shape index (κ3) is 584. The van der Waals surface area contributed by atoms with E-state index in [0.717, 1.165) is 0 Å². The first-order valence-electron chi connectivity index (χ1n) is 0. The number of hydrogen-bond donors (Lipinski definition) is 0. The molecule has 15 heteroatoms. The van der Waals surface area contributed by atoms with Crippen LogP contribution >= 0.6 is 0 Å². The molecular weight excluding hydrogens is 730 g/mol. The van der Waals surface area contributed by atoms with Gasteiger partial charge >= 0.3 is 44.8 Å². The first-order valence-corrected chi connectivity index (χ1v) is 0. The van der Waals surface area contributed by atoms with Crippen LogP contribution in [0.2, 0.25) is 0 Å². The molecule has 11 nitrogen and oxygen atoms in total. The van der Waals surface area contributed by atoms with Crippen molar-refractivity contribution in [2.75, 3.05) is 0 Å². The molecule has 0 bridgehead atoms. The van der Waals surface area contributed by atoms with E-state index in [1.165, 1.54) is 0 Å². The van der Waals surface area contributed by atoms with Gasteiger partial charge in [-0.2, -0.15) is 0 Å². The van der Waals surface area contributed by atoms with Crippen molar-refractivity contribution in [1.29, 1.82) is 0 Å². The Balaban J connectivity index is 0. The molecule has 0 saturated heterocycles. The van der Waals surface area contributed by atoms with Crippen molar-refractivity contribution in [3.63, 3.8) is 0 Å². The fourth-order valence-corrected chi connectivity index (χ4v) is 0. The molecule has 15 heavy (non-hydrogen) atoms. The van der Waals surface area contributed by atoms with Crippen LogP contribution in [0.3, 0.4) is 0 Å². The van der Waals surface area contributed by atoms with Crippen molar-refractivity contribution < 1.29 is 147 Å². The van der Waals surface area contributed by atoms with Crippen molar-refractivity contribution in [1.82, 2.24) is 0 Å². The Morgan fingerprint density at radius 2 is 0.200 bits per heavy atom. The second-order valence-electron chi connectivity index (χ2n) is 0. The van der Waals surface area contributed by atoms with Crippen molar-refractivity contribution in [3.05, 3.63) is 0 Å². The molecule has 0 unspecified atom stereocenters. The minimum atomic E-state index is 0. The van der Waals surface area contributed by atoms with Gasteiger partial charge in [0.1, 0.15) is 0 Å². The Morgan fingerprint density at radius 3 is 0.200 bits per heavy atom. The fraction of sp³-hybridized carbons (Fsp3) is 0. The second kappa shape index (κ2) is 668. The van der Waals surface area contributed by atoms with Crippen molar-refractivity contribution >= 4 is 0 Å². The van der Waals surface area contributed by atoms with Gasteiger partial charge in [-0.25, -0.2) is 0 Å². The van der Waals surface area contributed by atoms with Crippen LogP contribution < -0.4 is 0 Å². The SMILES string of the molecule is [Mo].[Mo].[O-2].[O-2].[O-2].[O-2].[O-2].[O-2].[O-2].[O-2].[O-2].[O-2].[O-2].[Ta+5].[Ta+5]. The Bertz CT molecular complexity index is 16.5. The van der Waals surface area contributed by atoms with Gasteiger partial charge in [0.2, 0.25) is 0 Å². The zero-order valence-electron chi connectivity index (χ0n) is 6.20. The van der Waals surface area contributed by atoms with Crippen LogP contribution in [0.25, 0.3) is 0 Å². The van der Waals surface area contributed by atoms with Gasteiger partial charge in [0.25, 0.3) is 0 Å². The predicted octanol–water partition coefficient (Wildman–Crippen LogP) is -1.32. The van der Waals surface area contributed by atoms with Crippen LogP contribution in [0.4, 0.5) is 0 Å². The Morgan fingerprint density at radius 1 is 0.200 bits per heavy atom. The summed E-state index contributed by atoms with van der Waals surface area (Å²) < 4.78 is 0. The van der Waals surface area contributed by atoms with Gasteiger partial charge in [0.15, 0.2) is 0 Å². The molecule has 0 aromatic carbocycles. The first-order chi connectivity index (χ1) is 0. The summed E-state index contributed by atoms with van der Waals surface area (Å²) >= 11 is 0. The molecule has 0 fully saturated rings. The van der Waals surface area contributed by atoms with Gasteiger partial charge in [-0.3, -0.25) is 0 Å². The standard InChI is InChI=1S/2Mo.11O.2Ta/q;;11*-2;2*+5. The van der Waals surface area contributed by atoms with Crippen molar-refractivity contribution in [2.45, 2.75) is 0 Å². The van der Waals surface area contributed by atoms with E-state index in [9.17, 15) is 0 Å². The van der Waals surface area contributed by atoms with Gasteiger partial charge in [0.05, 0.1) is 0 Å². The van der Waals surface area contributed by atoms with E-state index in [1.54, 1.807) is 0 Å². The van der Waals surface area contributed by atoms with Crippen LogP contribution in [0.1, 0.15) is 0 Å². The van der Waals surface area contributed by atoms with E-state index < -0.39 is 0 Å². The molecule has 0 amide bonds. The summed E-state index contributed by atoms with van der Waals surface area (Å²) in [6, 6.07) is 0. The zero-order valence-corrected chi connectivity index (χ0v) is 16.6. The largest absolute Gasteiger partial charge is 5.00 e. The van der Waals surface area contributed by atoms with E-state index in [2.05, 4.69) is 0 Å². The minimum absolute atomic E-state index is 0. The van der Waals surface area contributed by atoms with Crippen LogP contribution in [0.15, 0.2) is 0 Å². The molecule has 0 aliphatic carbocycles. The molecule has 0 aromatic heterocycles. The maximum Gasteiger partial charge on any atom is 5.00 e. The molecule has 0 aliphatic heterocycles. The molecule has 0 atom stereocenters. The summed E-state index contributed by atoms with van der Waals surface area (Å²) in [5.41, 5.74) is 0. The smallest absolute Gasteiger partial charge is 2.00 e. The van der Waals surface area contributed by atoms with E-state index >= 15 is 0 Å². The molecule has 0 rings (SSSR count). The van der Waals surface area contributed by atoms with Crippen LogP contribution in [0, 0.1) is 0 Å². The van der Waals surface area contributed by atoms with E-state index in [-0.39, 0.29) is 147 Å². The number of hydrogen-bond acceptors (Lipinski definition) is 0. The molecule has 0 heterocycles. The third-order valence-corrected chi connectivity index (χ3v) is 0. The Hall–Kier alpha value is 2.42. The van der Waals surface area contributed by atoms with Gasteiger partial charge in [-0.1, -0.05) is 0 Å². The fourth-order valence-electron chi connectivity index (χ4n) is 0. The van der Waals surface area contributed by atoms with Crippen molar-refractivity contribution in [2.24, 2.45) is 0 Å². The first kappa shape index (κ1) is 803. The molecule has 0 saturated carbocycles. The van der Waals surface area contributed by atoms with Gasteiger partial charge < -0.3 is 60.2 Å². The summed E-state index contributed by atoms with van der Waals surface area (Å²) in [6.07, 6.45) is 0. The minimum Gasteiger partial charge on any atom is -2.00 e. The number of rotatable bonds is 0. The predicted molar refractivity (Wildman–Crippen MR) is 7.55 cm³/mol. The van der Waals surface area contributed by atoms with Gasteiger partial charge in [-0.05, 0) is 0 Å². The van der Waals surface area contributed by atoms with Crippen LogP contribution in [0.5, 0.6) is 0 Å². The quantitative estimate of drug-likeness (QED) is 0.262. The second-order valence-corrected chi connectivity index (χ2v) is 0. The van der Waals surface area contributed by atoms with E-state index in [1.807, 2.05) is 0 Å². The summed E-state index contributed by atoms with van der Waals surface area (Å²) in [7, 11) is 0. The molecule has 100 valence electrons. The van der Waals surface area contributed by atoms with Crippen LogP contribution in [-0.4, -0.2) is 0 Å². The summed E-state index contributed by atoms with van der Waals surface area (Å²) in [5.74, 6) is 0. The maximum atomic E-state index is 0. The normalized spacial score (nSPS) is 0. The maximum absolute atomic E-state index is 0. The summed E-state index contributed by atoms with van der Waals surface area (Å²) in [6.45, 7) is 0. The Labute approximate surface area is 146 Å². The van der Waals surface area contributed by atoms with Crippen molar-refractivity contribution in [3.8, 4) is 0 Å². The molecule has 0 aliphatic rings. The third-order valence-electron chi connectivity index (χ3n) is 0. The molecular formula is Mo2O11Ta2-12. The summed E-state index contributed by atoms with van der Waals surface area (Å²) in [5, 5.41) is 0. The monoisotopic (exact) mass is 734 g/mol. The average Bonchev–Trinajstić information content (AvgIpc) is 0. The van der Waals surface area contributed by atoms with E-state index in [4.69, 9.17) is 0 Å². The molecule has 0 aromatic rings. The van der Waals surface area contributed by atoms with Crippen LogP contribution in [-0.2, 0) is 147 Å². The zero-order chi connectivity index (χ0) is 0. The van der Waals surface area contributed by atoms with E-state index in [0.29, 0.717) is 0 Å². The molecule has 0 radical (unpaired) electrons. The van der Waals surface area contributed by atoms with Gasteiger partial charge in [0, 0.05) is 42.1 Å². The summed E-state index contributed by atoms with van der Waals surface area (Å²) in [4.78, 5) is 0. The molecule has 0 spiro atoms. The topological polar surface area (TPSA) is 314 Å². The average molecular weight is 730 g/mol.